The summed E-state index contributed by atoms with van der Waals surface area (Å²) in [5.74, 6) is -0.630. The van der Waals surface area contributed by atoms with Gasteiger partial charge in [0.15, 0.2) is 0 Å². The number of sulfonamides is 2. The molecule has 37 heavy (non-hydrogen) atoms. The van der Waals surface area contributed by atoms with Crippen LogP contribution in [0, 0.1) is 5.92 Å². The highest BCUT2D eigenvalue weighted by atomic mass is 35.5. The maximum Gasteiger partial charge on any atom is 0.246 e. The molecule has 0 aromatic heterocycles. The molecule has 0 radical (unpaired) electrons. The van der Waals surface area contributed by atoms with E-state index in [2.05, 4.69) is 5.32 Å². The standard InChI is InChI=1S/C24H30ClN3O7S2/c1-34-22-7-6-21(16-23(22)37(32,33)28-12-14-35-15-13-28)26-24(29)19-8-10-27(11-9-19)36(30,31)17-18-2-4-20(25)5-3-18/h2-7,16,19H,8-15,17H2,1H3,(H,26,29). The van der Waals surface area contributed by atoms with Gasteiger partial charge in [-0.05, 0) is 48.7 Å². The smallest absolute Gasteiger partial charge is 0.246 e. The van der Waals surface area contributed by atoms with Crippen molar-refractivity contribution in [3.8, 4) is 5.75 Å². The zero-order valence-electron chi connectivity index (χ0n) is 20.4. The summed E-state index contributed by atoms with van der Waals surface area (Å²) in [5, 5.41) is 3.33. The zero-order chi connectivity index (χ0) is 26.6. The van der Waals surface area contributed by atoms with Crippen LogP contribution in [-0.2, 0) is 35.3 Å². The molecule has 13 heteroatoms. The van der Waals surface area contributed by atoms with E-state index in [1.807, 2.05) is 0 Å². The molecule has 0 bridgehead atoms. The number of carbonyl (C=O) groups is 1. The molecule has 2 heterocycles. The van der Waals surface area contributed by atoms with Gasteiger partial charge in [-0.2, -0.15) is 4.31 Å². The van der Waals surface area contributed by atoms with Crippen LogP contribution in [0.4, 0.5) is 5.69 Å². The third-order valence-electron chi connectivity index (χ3n) is 6.50. The minimum absolute atomic E-state index is 0.0298. The normalized spacial score (nSPS) is 18.4. The number of piperidine rings is 1. The fraction of sp³-hybridized carbons (Fsp3) is 0.458. The number of methoxy groups -OCH3 is 1. The first kappa shape index (κ1) is 27.8. The van der Waals surface area contributed by atoms with Crippen LogP contribution in [0.25, 0.3) is 0 Å². The van der Waals surface area contributed by atoms with Gasteiger partial charge in [-0.3, -0.25) is 4.79 Å². The summed E-state index contributed by atoms with van der Waals surface area (Å²) in [6, 6.07) is 11.2. The Balaban J connectivity index is 1.39. The summed E-state index contributed by atoms with van der Waals surface area (Å²) in [5.41, 5.74) is 0.974. The Morgan fingerprint density at radius 3 is 2.27 bits per heavy atom. The minimum atomic E-state index is -3.84. The van der Waals surface area contributed by atoms with Gasteiger partial charge < -0.3 is 14.8 Å². The lowest BCUT2D eigenvalue weighted by atomic mass is 9.97. The second kappa shape index (κ2) is 11.7. The van der Waals surface area contributed by atoms with Crippen LogP contribution < -0.4 is 10.1 Å². The van der Waals surface area contributed by atoms with E-state index in [1.54, 1.807) is 30.3 Å². The molecular formula is C24H30ClN3O7S2. The highest BCUT2D eigenvalue weighted by Gasteiger charge is 2.32. The summed E-state index contributed by atoms with van der Waals surface area (Å²) in [4.78, 5) is 12.9. The molecule has 2 aromatic carbocycles. The quantitative estimate of drug-likeness (QED) is 0.516. The SMILES string of the molecule is COc1ccc(NC(=O)C2CCN(S(=O)(=O)Cc3ccc(Cl)cc3)CC2)cc1S(=O)(=O)N1CCOCC1. The summed E-state index contributed by atoms with van der Waals surface area (Å²) >= 11 is 5.88. The maximum absolute atomic E-state index is 13.2. The molecule has 10 nitrogen and oxygen atoms in total. The van der Waals surface area contributed by atoms with Crippen molar-refractivity contribution in [3.63, 3.8) is 0 Å². The number of nitrogens with one attached hydrogen (secondary N) is 1. The van der Waals surface area contributed by atoms with Crippen molar-refractivity contribution in [1.29, 1.82) is 0 Å². The minimum Gasteiger partial charge on any atom is -0.495 e. The highest BCUT2D eigenvalue weighted by Crippen LogP contribution is 2.31. The van der Waals surface area contributed by atoms with Crippen molar-refractivity contribution in [2.45, 2.75) is 23.5 Å². The monoisotopic (exact) mass is 571 g/mol. The first-order valence-electron chi connectivity index (χ1n) is 11.9. The summed E-state index contributed by atoms with van der Waals surface area (Å²) in [6.45, 7) is 1.56. The lowest BCUT2D eigenvalue weighted by molar-refractivity contribution is -0.120. The van der Waals surface area contributed by atoms with Crippen LogP contribution in [0.1, 0.15) is 18.4 Å². The first-order chi connectivity index (χ1) is 17.6. The number of hydrogen-bond acceptors (Lipinski definition) is 7. The number of morpholine rings is 1. The van der Waals surface area contributed by atoms with Crippen LogP contribution >= 0.6 is 11.6 Å². The first-order valence-corrected chi connectivity index (χ1v) is 15.3. The van der Waals surface area contributed by atoms with Gasteiger partial charge in [-0.1, -0.05) is 23.7 Å². The van der Waals surface area contributed by atoms with E-state index >= 15 is 0 Å². The molecule has 1 amide bonds. The number of benzene rings is 2. The lowest BCUT2D eigenvalue weighted by Crippen LogP contribution is -2.42. The molecule has 2 aliphatic rings. The Morgan fingerprint density at radius 1 is 1.00 bits per heavy atom. The molecule has 0 unspecified atom stereocenters. The molecule has 1 N–H and O–H groups in total. The van der Waals surface area contributed by atoms with E-state index in [1.165, 1.54) is 27.9 Å². The second-order valence-corrected chi connectivity index (χ2v) is 13.2. The van der Waals surface area contributed by atoms with E-state index in [4.69, 9.17) is 21.1 Å². The van der Waals surface area contributed by atoms with Gasteiger partial charge in [-0.25, -0.2) is 21.1 Å². The highest BCUT2D eigenvalue weighted by molar-refractivity contribution is 7.89. The van der Waals surface area contributed by atoms with Crippen LogP contribution in [0.5, 0.6) is 5.75 Å². The molecule has 2 aromatic rings. The van der Waals surface area contributed by atoms with Crippen LogP contribution in [0.3, 0.4) is 0 Å². The van der Waals surface area contributed by atoms with Crippen molar-refractivity contribution >= 4 is 43.2 Å². The van der Waals surface area contributed by atoms with Gasteiger partial charge in [0.05, 0.1) is 26.1 Å². The fourth-order valence-electron chi connectivity index (χ4n) is 4.41. The van der Waals surface area contributed by atoms with Gasteiger partial charge in [0.2, 0.25) is 26.0 Å². The number of rotatable bonds is 8. The molecule has 0 spiro atoms. The molecule has 2 aliphatic heterocycles. The molecule has 2 saturated heterocycles. The number of amides is 1. The Morgan fingerprint density at radius 2 is 1.65 bits per heavy atom. The molecule has 0 atom stereocenters. The molecular weight excluding hydrogens is 542 g/mol. The molecule has 202 valence electrons. The third kappa shape index (κ3) is 6.62. The van der Waals surface area contributed by atoms with Crippen molar-refractivity contribution in [1.82, 2.24) is 8.61 Å². The van der Waals surface area contributed by atoms with Crippen LogP contribution in [-0.4, -0.2) is 77.9 Å². The van der Waals surface area contributed by atoms with Gasteiger partial charge in [0, 0.05) is 42.8 Å². The van der Waals surface area contributed by atoms with Gasteiger partial charge >= 0.3 is 0 Å². The average Bonchev–Trinajstić information content (AvgIpc) is 2.90. The van der Waals surface area contributed by atoms with E-state index in [0.29, 0.717) is 42.3 Å². The summed E-state index contributed by atoms with van der Waals surface area (Å²) in [7, 11) is -5.99. The predicted molar refractivity (Wildman–Crippen MR) is 140 cm³/mol. The largest absolute Gasteiger partial charge is 0.495 e. The van der Waals surface area contributed by atoms with Crippen molar-refractivity contribution < 1.29 is 31.1 Å². The number of ether oxygens (including phenoxy) is 2. The average molecular weight is 572 g/mol. The maximum atomic E-state index is 13.2. The van der Waals surface area contributed by atoms with Gasteiger partial charge in [0.25, 0.3) is 0 Å². The molecule has 0 aliphatic carbocycles. The Kier molecular flexibility index (Phi) is 8.77. The van der Waals surface area contributed by atoms with Crippen molar-refractivity contribution in [2.75, 3.05) is 51.8 Å². The predicted octanol–water partition coefficient (Wildman–Crippen LogP) is 2.55. The van der Waals surface area contributed by atoms with Crippen LogP contribution in [0.15, 0.2) is 47.4 Å². The van der Waals surface area contributed by atoms with Gasteiger partial charge in [0.1, 0.15) is 10.6 Å². The number of hydrogen-bond donors (Lipinski definition) is 1. The third-order valence-corrected chi connectivity index (χ3v) is 10.5. The molecule has 2 fully saturated rings. The topological polar surface area (TPSA) is 122 Å². The van der Waals surface area contributed by atoms with E-state index in [9.17, 15) is 21.6 Å². The number of nitrogens with zero attached hydrogens (tertiary/aromatic N) is 2. The van der Waals surface area contributed by atoms with E-state index < -0.39 is 26.0 Å². The summed E-state index contributed by atoms with van der Waals surface area (Å²) in [6.07, 6.45) is 0.724. The molecule has 4 rings (SSSR count). The fourth-order valence-corrected chi connectivity index (χ4v) is 7.68. The molecule has 0 saturated carbocycles. The zero-order valence-corrected chi connectivity index (χ0v) is 22.8. The Hall–Kier alpha value is -2.22. The van der Waals surface area contributed by atoms with E-state index in [-0.39, 0.29) is 48.5 Å². The van der Waals surface area contributed by atoms with E-state index in [0.717, 1.165) is 0 Å². The Labute approximate surface area is 222 Å². The summed E-state index contributed by atoms with van der Waals surface area (Å²) < 4.78 is 65.3. The number of carbonyl (C=O) groups excluding carboxylic acids is 1. The Bertz CT molecular complexity index is 1320. The van der Waals surface area contributed by atoms with Crippen molar-refractivity contribution in [2.24, 2.45) is 5.92 Å². The second-order valence-electron chi connectivity index (χ2n) is 8.93. The van der Waals surface area contributed by atoms with Gasteiger partial charge in [-0.15, -0.1) is 0 Å². The van der Waals surface area contributed by atoms with Crippen molar-refractivity contribution in [3.05, 3.63) is 53.1 Å². The number of anilines is 1. The lowest BCUT2D eigenvalue weighted by Gasteiger charge is -2.30. The number of halogens is 1. The van der Waals surface area contributed by atoms with Crippen LogP contribution in [0.2, 0.25) is 5.02 Å².